The molecular formula is C21H36IN5O. The van der Waals surface area contributed by atoms with Gasteiger partial charge in [0.25, 0.3) is 0 Å². The Bertz CT molecular complexity index is 600. The van der Waals surface area contributed by atoms with E-state index in [9.17, 15) is 4.79 Å². The minimum absolute atomic E-state index is 0. The van der Waals surface area contributed by atoms with Gasteiger partial charge in [0.05, 0.1) is 0 Å². The van der Waals surface area contributed by atoms with Crippen LogP contribution in [0.5, 0.6) is 0 Å². The SMILES string of the molecule is CCC(c1ccccc1)N1CCN(C(=NC)NCCNC(=O)C(C)C)CC1.I. The summed E-state index contributed by atoms with van der Waals surface area (Å²) in [5.41, 5.74) is 1.40. The van der Waals surface area contributed by atoms with Crippen LogP contribution in [0.1, 0.15) is 38.8 Å². The van der Waals surface area contributed by atoms with Crippen LogP contribution in [-0.4, -0.2) is 68.0 Å². The van der Waals surface area contributed by atoms with E-state index in [0.717, 1.165) is 38.6 Å². The molecule has 28 heavy (non-hydrogen) atoms. The Morgan fingerprint density at radius 2 is 1.68 bits per heavy atom. The predicted molar refractivity (Wildman–Crippen MR) is 127 cm³/mol. The highest BCUT2D eigenvalue weighted by Gasteiger charge is 2.25. The van der Waals surface area contributed by atoms with E-state index in [1.54, 1.807) is 0 Å². The Kier molecular flexibility index (Phi) is 11.4. The molecule has 1 aliphatic heterocycles. The second kappa shape index (κ2) is 13.0. The third kappa shape index (κ3) is 7.24. The second-order valence-corrected chi connectivity index (χ2v) is 7.28. The summed E-state index contributed by atoms with van der Waals surface area (Å²) in [7, 11) is 1.82. The quantitative estimate of drug-likeness (QED) is 0.261. The highest BCUT2D eigenvalue weighted by molar-refractivity contribution is 14.0. The van der Waals surface area contributed by atoms with Crippen molar-refractivity contribution < 1.29 is 4.79 Å². The van der Waals surface area contributed by atoms with Crippen LogP contribution in [0.25, 0.3) is 0 Å². The van der Waals surface area contributed by atoms with Crippen molar-refractivity contribution in [2.45, 2.75) is 33.2 Å². The molecule has 6 nitrogen and oxygen atoms in total. The molecule has 1 amide bonds. The van der Waals surface area contributed by atoms with Gasteiger partial charge >= 0.3 is 0 Å². The van der Waals surface area contributed by atoms with E-state index >= 15 is 0 Å². The Balaban J connectivity index is 0.00000392. The van der Waals surface area contributed by atoms with Crippen LogP contribution < -0.4 is 10.6 Å². The Morgan fingerprint density at radius 1 is 1.07 bits per heavy atom. The summed E-state index contributed by atoms with van der Waals surface area (Å²) < 4.78 is 0. The third-order valence-corrected chi connectivity index (χ3v) is 5.07. The molecule has 1 fully saturated rings. The number of guanidine groups is 1. The molecule has 7 heteroatoms. The van der Waals surface area contributed by atoms with E-state index in [0.29, 0.717) is 19.1 Å². The first-order chi connectivity index (χ1) is 13.1. The topological polar surface area (TPSA) is 60.0 Å². The Hall–Kier alpha value is -1.35. The first kappa shape index (κ1) is 24.7. The highest BCUT2D eigenvalue weighted by atomic mass is 127. The Morgan fingerprint density at radius 3 is 2.21 bits per heavy atom. The van der Waals surface area contributed by atoms with Crippen LogP contribution in [0.2, 0.25) is 0 Å². The minimum atomic E-state index is 0. The van der Waals surface area contributed by atoms with Crippen LogP contribution in [0.15, 0.2) is 35.3 Å². The third-order valence-electron chi connectivity index (χ3n) is 5.07. The zero-order valence-electron chi connectivity index (χ0n) is 17.6. The van der Waals surface area contributed by atoms with Crippen molar-refractivity contribution in [1.82, 2.24) is 20.4 Å². The lowest BCUT2D eigenvalue weighted by Crippen LogP contribution is -2.53. The van der Waals surface area contributed by atoms with E-state index < -0.39 is 0 Å². The van der Waals surface area contributed by atoms with E-state index in [4.69, 9.17) is 0 Å². The standard InChI is InChI=1S/C21H35N5O.HI/c1-5-19(18-9-7-6-8-10-18)25-13-15-26(16-14-25)21(22-4)24-12-11-23-20(27)17(2)3;/h6-10,17,19H,5,11-16H2,1-4H3,(H,22,24)(H,23,27);1H. The van der Waals surface area contributed by atoms with Crippen LogP contribution in [0.3, 0.4) is 0 Å². The van der Waals surface area contributed by atoms with Gasteiger partial charge < -0.3 is 15.5 Å². The lowest BCUT2D eigenvalue weighted by Gasteiger charge is -2.40. The summed E-state index contributed by atoms with van der Waals surface area (Å²) in [6.07, 6.45) is 1.12. The van der Waals surface area contributed by atoms with Crippen molar-refractivity contribution in [1.29, 1.82) is 0 Å². The molecule has 1 atom stereocenters. The van der Waals surface area contributed by atoms with Gasteiger partial charge in [-0.05, 0) is 12.0 Å². The highest BCUT2D eigenvalue weighted by Crippen LogP contribution is 2.25. The summed E-state index contributed by atoms with van der Waals surface area (Å²) in [5.74, 6) is 1.03. The van der Waals surface area contributed by atoms with Crippen LogP contribution in [0, 0.1) is 5.92 Å². The number of carbonyl (C=O) groups excluding carboxylic acids is 1. The number of rotatable bonds is 7. The molecule has 1 aromatic rings. The van der Waals surface area contributed by atoms with Crippen molar-refractivity contribution in [3.63, 3.8) is 0 Å². The van der Waals surface area contributed by atoms with Gasteiger partial charge in [0.1, 0.15) is 0 Å². The average molecular weight is 501 g/mol. The van der Waals surface area contributed by atoms with E-state index in [2.05, 4.69) is 62.7 Å². The van der Waals surface area contributed by atoms with Gasteiger partial charge in [-0.3, -0.25) is 14.7 Å². The van der Waals surface area contributed by atoms with Gasteiger partial charge in [-0.25, -0.2) is 0 Å². The monoisotopic (exact) mass is 501 g/mol. The normalized spacial score (nSPS) is 16.5. The molecular weight excluding hydrogens is 465 g/mol. The largest absolute Gasteiger partial charge is 0.354 e. The first-order valence-electron chi connectivity index (χ1n) is 10.1. The Labute approximate surface area is 187 Å². The zero-order chi connectivity index (χ0) is 19.6. The van der Waals surface area contributed by atoms with Gasteiger partial charge in [-0.15, -0.1) is 24.0 Å². The maximum Gasteiger partial charge on any atom is 0.222 e. The number of hydrogen-bond acceptors (Lipinski definition) is 3. The predicted octanol–water partition coefficient (Wildman–Crippen LogP) is 2.72. The van der Waals surface area contributed by atoms with Gasteiger partial charge in [-0.1, -0.05) is 51.1 Å². The molecule has 0 bridgehead atoms. The van der Waals surface area contributed by atoms with Crippen LogP contribution in [0.4, 0.5) is 0 Å². The molecule has 1 unspecified atom stereocenters. The van der Waals surface area contributed by atoms with Crippen LogP contribution in [-0.2, 0) is 4.79 Å². The smallest absolute Gasteiger partial charge is 0.222 e. The lowest BCUT2D eigenvalue weighted by atomic mass is 10.0. The summed E-state index contributed by atoms with van der Waals surface area (Å²) in [6, 6.07) is 11.3. The first-order valence-corrected chi connectivity index (χ1v) is 10.1. The molecule has 0 radical (unpaired) electrons. The van der Waals surface area contributed by atoms with E-state index in [1.807, 2.05) is 20.9 Å². The van der Waals surface area contributed by atoms with Crippen molar-refractivity contribution >= 4 is 35.8 Å². The number of carbonyl (C=O) groups is 1. The fourth-order valence-electron chi connectivity index (χ4n) is 3.52. The minimum Gasteiger partial charge on any atom is -0.354 e. The number of nitrogens with one attached hydrogen (secondary N) is 2. The molecule has 1 aliphatic rings. The van der Waals surface area contributed by atoms with Crippen molar-refractivity contribution in [2.24, 2.45) is 10.9 Å². The number of piperazine rings is 1. The number of hydrogen-bond donors (Lipinski definition) is 2. The summed E-state index contributed by atoms with van der Waals surface area (Å²) in [6.45, 7) is 11.3. The zero-order valence-corrected chi connectivity index (χ0v) is 20.0. The second-order valence-electron chi connectivity index (χ2n) is 7.28. The molecule has 158 valence electrons. The van der Waals surface area contributed by atoms with Crippen molar-refractivity contribution in [2.75, 3.05) is 46.3 Å². The van der Waals surface area contributed by atoms with Gasteiger partial charge in [0, 0.05) is 58.3 Å². The molecule has 0 aliphatic carbocycles. The maximum atomic E-state index is 11.6. The molecule has 0 spiro atoms. The average Bonchev–Trinajstić information content (AvgIpc) is 2.70. The number of amides is 1. The molecule has 1 saturated heterocycles. The number of aliphatic imine (C=N–C) groups is 1. The molecule has 2 N–H and O–H groups in total. The molecule has 1 aromatic carbocycles. The number of halogens is 1. The molecule has 0 aromatic heterocycles. The van der Waals surface area contributed by atoms with Gasteiger partial charge in [0.2, 0.25) is 5.91 Å². The molecule has 2 rings (SSSR count). The van der Waals surface area contributed by atoms with E-state index in [-0.39, 0.29) is 35.8 Å². The van der Waals surface area contributed by atoms with Crippen LogP contribution >= 0.6 is 24.0 Å². The fraction of sp³-hybridized carbons (Fsp3) is 0.619. The number of nitrogens with zero attached hydrogens (tertiary/aromatic N) is 3. The van der Waals surface area contributed by atoms with E-state index in [1.165, 1.54) is 5.56 Å². The molecule has 0 saturated carbocycles. The summed E-state index contributed by atoms with van der Waals surface area (Å²) >= 11 is 0. The molecule has 1 heterocycles. The fourth-order valence-corrected chi connectivity index (χ4v) is 3.52. The van der Waals surface area contributed by atoms with Crippen molar-refractivity contribution in [3.8, 4) is 0 Å². The van der Waals surface area contributed by atoms with Gasteiger partial charge in [-0.2, -0.15) is 0 Å². The maximum absolute atomic E-state index is 11.6. The summed E-state index contributed by atoms with van der Waals surface area (Å²) in [4.78, 5) is 20.9. The summed E-state index contributed by atoms with van der Waals surface area (Å²) in [5, 5.41) is 6.29. The van der Waals surface area contributed by atoms with Gasteiger partial charge in [0.15, 0.2) is 5.96 Å². The number of benzene rings is 1. The van der Waals surface area contributed by atoms with Crippen molar-refractivity contribution in [3.05, 3.63) is 35.9 Å². The lowest BCUT2D eigenvalue weighted by molar-refractivity contribution is -0.123.